The molecule has 0 aromatic heterocycles. The minimum atomic E-state index is -1.55. The van der Waals surface area contributed by atoms with Crippen molar-refractivity contribution in [2.45, 2.75) is 154 Å². The van der Waals surface area contributed by atoms with Crippen LogP contribution in [0.15, 0.2) is 35.3 Å². The van der Waals surface area contributed by atoms with Crippen LogP contribution in [0.1, 0.15) is 104 Å². The summed E-state index contributed by atoms with van der Waals surface area (Å²) in [4.78, 5) is 148. The average molecular weight is 1030 g/mol. The molecule has 1 aliphatic heterocycles. The van der Waals surface area contributed by atoms with Crippen molar-refractivity contribution in [2.24, 2.45) is 34.0 Å². The van der Waals surface area contributed by atoms with Crippen LogP contribution >= 0.6 is 0 Å². The third-order valence-corrected chi connectivity index (χ3v) is 11.5. The molecule has 0 radical (unpaired) electrons. The molecule has 0 unspecified atom stereocenters. The average Bonchev–Trinajstić information content (AvgIpc) is 3.81. The summed E-state index contributed by atoms with van der Waals surface area (Å²) < 4.78 is 0. The van der Waals surface area contributed by atoms with Crippen LogP contribution < -0.4 is 54.4 Å². The lowest BCUT2D eigenvalue weighted by Gasteiger charge is -2.27. The fourth-order valence-electron chi connectivity index (χ4n) is 7.70. The molecule has 1 heterocycles. The molecular weight excluding hydrogens is 957 g/mol. The molecule has 0 spiro atoms. The van der Waals surface area contributed by atoms with Crippen molar-refractivity contribution >= 4 is 71.1 Å². The standard InChI is InChI=1S/C47H74N12O14/c1-25(2)21-32(43(69)57-33(22-26(3)4)42(68)55-31(46(72)73)13-9-19-51-47(49)50)56-39(65)27(5)53-41(67)34(23-28-11-7-6-8-12-28)58-40(66)30(16-18-38(63)64)54-36(60)24-52-44(70)35-14-10-20-59(35)45(71)29(48)15-17-37(61)62/h6-8,11-12,25-27,29-35H,9-10,13-24,48H2,1-5H3,(H,52,70)(H,53,67)(H,54,60)(H,55,68)(H,56,65)(H,57,69)(H,58,66)(H,61,62)(H,63,64)(H,72,73)(H4,49,50,51)/t27-,29-,30-,31-,32-,33-,34-,35-/m0/s1. The van der Waals surface area contributed by atoms with Crippen LogP contribution in [0.5, 0.6) is 0 Å². The van der Waals surface area contributed by atoms with Crippen molar-refractivity contribution in [2.75, 3.05) is 19.6 Å². The van der Waals surface area contributed by atoms with Crippen LogP contribution in [0, 0.1) is 11.8 Å². The Hall–Kier alpha value is -7.38. The molecule has 1 saturated heterocycles. The number of likely N-dealkylation sites (tertiary alicyclic amines) is 1. The second-order valence-corrected chi connectivity index (χ2v) is 18.7. The Morgan fingerprint density at radius 1 is 0.658 bits per heavy atom. The predicted molar refractivity (Wildman–Crippen MR) is 263 cm³/mol. The number of nitrogens with one attached hydrogen (secondary N) is 7. The number of aliphatic carboxylic acids is 3. The lowest BCUT2D eigenvalue weighted by Crippen LogP contribution is -2.59. The molecule has 2 rings (SSSR count). The zero-order valence-electron chi connectivity index (χ0n) is 42.0. The van der Waals surface area contributed by atoms with Gasteiger partial charge in [0.05, 0.1) is 12.6 Å². The number of nitrogens with two attached hydrogens (primary N) is 3. The van der Waals surface area contributed by atoms with Crippen LogP contribution in [-0.4, -0.2) is 159 Å². The number of carbonyl (C=O) groups is 11. The summed E-state index contributed by atoms with van der Waals surface area (Å²) in [7, 11) is 0. The highest BCUT2D eigenvalue weighted by atomic mass is 16.4. The van der Waals surface area contributed by atoms with Gasteiger partial charge in [-0.3, -0.25) is 52.9 Å². The van der Waals surface area contributed by atoms with Crippen molar-refractivity contribution < 1.29 is 68.1 Å². The van der Waals surface area contributed by atoms with Gasteiger partial charge in [-0.2, -0.15) is 0 Å². The number of rotatable bonds is 32. The molecule has 406 valence electrons. The third kappa shape index (κ3) is 23.2. The van der Waals surface area contributed by atoms with Gasteiger partial charge >= 0.3 is 17.9 Å². The number of hydrogen-bond acceptors (Lipinski definition) is 13. The molecule has 1 aliphatic rings. The van der Waals surface area contributed by atoms with Crippen molar-refractivity contribution in [1.29, 1.82) is 0 Å². The minimum absolute atomic E-state index is 0.0150. The van der Waals surface area contributed by atoms with E-state index in [1.165, 1.54) is 11.8 Å². The number of carboxylic acids is 3. The number of carboxylic acid groups (broad SMARTS) is 3. The number of hydrogen-bond donors (Lipinski definition) is 13. The first-order valence-electron chi connectivity index (χ1n) is 24.2. The Morgan fingerprint density at radius 2 is 1.18 bits per heavy atom. The second kappa shape index (κ2) is 31.2. The lowest BCUT2D eigenvalue weighted by atomic mass is 9.99. The molecule has 1 fully saturated rings. The number of carbonyl (C=O) groups excluding carboxylic acids is 8. The summed E-state index contributed by atoms with van der Waals surface area (Å²) in [5.41, 5.74) is 17.1. The molecule has 1 aromatic carbocycles. The summed E-state index contributed by atoms with van der Waals surface area (Å²) in [6.45, 7) is 8.08. The van der Waals surface area contributed by atoms with E-state index in [1.54, 1.807) is 58.0 Å². The predicted octanol–water partition coefficient (Wildman–Crippen LogP) is -2.45. The van der Waals surface area contributed by atoms with Crippen LogP contribution in [0.4, 0.5) is 0 Å². The van der Waals surface area contributed by atoms with Gasteiger partial charge in [0.2, 0.25) is 47.3 Å². The van der Waals surface area contributed by atoms with Crippen LogP contribution in [-0.2, 0) is 59.2 Å². The van der Waals surface area contributed by atoms with E-state index in [0.29, 0.717) is 12.0 Å². The zero-order valence-corrected chi connectivity index (χ0v) is 42.0. The largest absolute Gasteiger partial charge is 0.481 e. The summed E-state index contributed by atoms with van der Waals surface area (Å²) in [5.74, 6) is -10.7. The number of guanidine groups is 1. The number of aliphatic imine (C=N–C) groups is 1. The molecular formula is C47H74N12O14. The first kappa shape index (κ1) is 61.7. The van der Waals surface area contributed by atoms with Gasteiger partial charge in [0.25, 0.3) is 0 Å². The van der Waals surface area contributed by atoms with Gasteiger partial charge in [-0.1, -0.05) is 58.0 Å². The molecule has 16 N–H and O–H groups in total. The van der Waals surface area contributed by atoms with E-state index in [2.05, 4.69) is 42.2 Å². The molecule has 8 amide bonds. The Morgan fingerprint density at radius 3 is 1.73 bits per heavy atom. The normalized spacial score (nSPS) is 16.0. The Balaban J connectivity index is 2.24. The SMILES string of the molecule is CC(C)C[C@H](NC(=O)[C@H](C)NC(=O)[C@H](Cc1ccccc1)NC(=O)[C@H](CCC(=O)O)NC(=O)CNC(=O)[C@@H]1CCCN1C(=O)[C@@H](N)CCC(=O)O)C(=O)N[C@@H](CC(C)C)C(=O)N[C@@H](CCCN=C(N)N)C(=O)O. The van der Waals surface area contributed by atoms with Crippen LogP contribution in [0.3, 0.4) is 0 Å². The first-order chi connectivity index (χ1) is 34.3. The fourth-order valence-corrected chi connectivity index (χ4v) is 7.70. The first-order valence-corrected chi connectivity index (χ1v) is 24.2. The minimum Gasteiger partial charge on any atom is -0.481 e. The molecule has 0 bridgehead atoms. The summed E-state index contributed by atoms with van der Waals surface area (Å²) in [5, 5.41) is 45.8. The van der Waals surface area contributed by atoms with E-state index in [9.17, 15) is 63.0 Å². The number of benzene rings is 1. The van der Waals surface area contributed by atoms with E-state index >= 15 is 0 Å². The van der Waals surface area contributed by atoms with Crippen LogP contribution in [0.25, 0.3) is 0 Å². The zero-order chi connectivity index (χ0) is 54.9. The smallest absolute Gasteiger partial charge is 0.326 e. The van der Waals surface area contributed by atoms with E-state index in [0.717, 1.165) is 0 Å². The molecule has 0 saturated carbocycles. The summed E-state index contributed by atoms with van der Waals surface area (Å²) in [6, 6.07) is -1.86. The topological polar surface area (TPSA) is 426 Å². The summed E-state index contributed by atoms with van der Waals surface area (Å²) >= 11 is 0. The van der Waals surface area contributed by atoms with Gasteiger partial charge in [0.15, 0.2) is 5.96 Å². The van der Waals surface area contributed by atoms with Gasteiger partial charge in [0, 0.05) is 32.4 Å². The highest BCUT2D eigenvalue weighted by Gasteiger charge is 2.37. The maximum atomic E-state index is 14.0. The Labute approximate surface area is 423 Å². The van der Waals surface area contributed by atoms with E-state index in [1.807, 2.05) is 0 Å². The van der Waals surface area contributed by atoms with Gasteiger partial charge in [-0.15, -0.1) is 0 Å². The molecule has 26 heteroatoms. The maximum absolute atomic E-state index is 14.0. The highest BCUT2D eigenvalue weighted by molar-refractivity contribution is 5.97. The number of amides is 8. The van der Waals surface area contributed by atoms with Crippen molar-refractivity contribution in [3.63, 3.8) is 0 Å². The quantitative estimate of drug-likeness (QED) is 0.0202. The highest BCUT2D eigenvalue weighted by Crippen LogP contribution is 2.19. The third-order valence-electron chi connectivity index (χ3n) is 11.5. The molecule has 0 aliphatic carbocycles. The van der Waals surface area contributed by atoms with Gasteiger partial charge in [-0.25, -0.2) is 4.79 Å². The second-order valence-electron chi connectivity index (χ2n) is 18.7. The Bertz CT molecular complexity index is 2120. The van der Waals surface area contributed by atoms with Crippen LogP contribution in [0.2, 0.25) is 0 Å². The van der Waals surface area contributed by atoms with E-state index < -0.39 is 133 Å². The van der Waals surface area contributed by atoms with Gasteiger partial charge < -0.3 is 74.6 Å². The molecule has 26 nitrogen and oxygen atoms in total. The lowest BCUT2D eigenvalue weighted by molar-refractivity contribution is -0.142. The molecule has 1 aromatic rings. The van der Waals surface area contributed by atoms with Crippen molar-refractivity contribution in [3.8, 4) is 0 Å². The Kier molecular flexibility index (Phi) is 26.4. The van der Waals surface area contributed by atoms with Gasteiger partial charge in [-0.05, 0) is 75.7 Å². The van der Waals surface area contributed by atoms with E-state index in [-0.39, 0.29) is 82.3 Å². The van der Waals surface area contributed by atoms with Crippen molar-refractivity contribution in [1.82, 2.24) is 42.1 Å². The molecule has 73 heavy (non-hydrogen) atoms. The van der Waals surface area contributed by atoms with Gasteiger partial charge in [0.1, 0.15) is 42.3 Å². The number of nitrogens with zero attached hydrogens (tertiary/aromatic N) is 2. The molecule has 8 atom stereocenters. The fraction of sp³-hybridized carbons (Fsp3) is 0.617. The monoisotopic (exact) mass is 1030 g/mol. The summed E-state index contributed by atoms with van der Waals surface area (Å²) in [6.07, 6.45) is -0.633. The van der Waals surface area contributed by atoms with Crippen molar-refractivity contribution in [3.05, 3.63) is 35.9 Å². The van der Waals surface area contributed by atoms with E-state index in [4.69, 9.17) is 22.3 Å². The maximum Gasteiger partial charge on any atom is 0.326 e.